The average molecular weight is 450 g/mol. The number of fused-ring (bicyclic) bond motifs is 1. The first-order valence-electron chi connectivity index (χ1n) is 8.12. The second-order valence-corrected chi connectivity index (χ2v) is 7.78. The molecule has 9 heteroatoms. The van der Waals surface area contributed by atoms with Crippen LogP contribution in [0.25, 0.3) is 0 Å². The Morgan fingerprint density at radius 1 is 1.26 bits per heavy atom. The van der Waals surface area contributed by atoms with Gasteiger partial charge in [0.05, 0.1) is 18.9 Å². The van der Waals surface area contributed by atoms with Gasteiger partial charge in [-0.05, 0) is 42.5 Å². The SMILES string of the molecule is COC(=O)c1c(NC(=O)C(=O)NN=Cc2cccc(Br)c2)sc2c1CCC2. The molecule has 0 radical (unpaired) electrons. The van der Waals surface area contributed by atoms with Crippen LogP contribution in [0.5, 0.6) is 0 Å². The molecule has 0 atom stereocenters. The van der Waals surface area contributed by atoms with Crippen molar-refractivity contribution in [1.29, 1.82) is 0 Å². The van der Waals surface area contributed by atoms with Crippen molar-refractivity contribution in [2.45, 2.75) is 19.3 Å². The number of carbonyl (C=O) groups is 3. The summed E-state index contributed by atoms with van der Waals surface area (Å²) in [4.78, 5) is 37.2. The molecule has 0 saturated carbocycles. The standard InChI is InChI=1S/C18H16BrN3O4S/c1-26-18(25)14-12-6-3-7-13(12)27-17(14)21-15(23)16(24)22-20-9-10-4-2-5-11(19)8-10/h2,4-5,8-9H,3,6-7H2,1H3,(H,21,23)(H,22,24). The highest BCUT2D eigenvalue weighted by Crippen LogP contribution is 2.39. The van der Waals surface area contributed by atoms with E-state index in [1.165, 1.54) is 24.7 Å². The molecule has 1 aliphatic rings. The van der Waals surface area contributed by atoms with Gasteiger partial charge >= 0.3 is 17.8 Å². The molecular formula is C18H16BrN3O4S. The summed E-state index contributed by atoms with van der Waals surface area (Å²) in [6.07, 6.45) is 4.00. The lowest BCUT2D eigenvalue weighted by Crippen LogP contribution is -2.32. The number of nitrogens with one attached hydrogen (secondary N) is 2. The second kappa shape index (κ2) is 8.45. The van der Waals surface area contributed by atoms with Crippen LogP contribution in [0.2, 0.25) is 0 Å². The van der Waals surface area contributed by atoms with Gasteiger partial charge in [0, 0.05) is 9.35 Å². The predicted molar refractivity (Wildman–Crippen MR) is 106 cm³/mol. The zero-order valence-electron chi connectivity index (χ0n) is 14.4. The number of halogens is 1. The number of benzene rings is 1. The first kappa shape index (κ1) is 19.2. The zero-order chi connectivity index (χ0) is 19.4. The van der Waals surface area contributed by atoms with Gasteiger partial charge < -0.3 is 10.1 Å². The van der Waals surface area contributed by atoms with E-state index in [4.69, 9.17) is 4.74 Å². The molecule has 3 rings (SSSR count). The smallest absolute Gasteiger partial charge is 0.341 e. The van der Waals surface area contributed by atoms with Crippen molar-refractivity contribution in [3.8, 4) is 0 Å². The third-order valence-electron chi connectivity index (χ3n) is 3.97. The van der Waals surface area contributed by atoms with Gasteiger partial charge in [0.1, 0.15) is 5.00 Å². The largest absolute Gasteiger partial charge is 0.465 e. The van der Waals surface area contributed by atoms with Gasteiger partial charge in [-0.2, -0.15) is 5.10 Å². The van der Waals surface area contributed by atoms with Crippen molar-refractivity contribution in [1.82, 2.24) is 5.43 Å². The molecule has 2 N–H and O–H groups in total. The van der Waals surface area contributed by atoms with Crippen LogP contribution in [0.15, 0.2) is 33.8 Å². The molecule has 7 nitrogen and oxygen atoms in total. The molecule has 0 unspecified atom stereocenters. The maximum atomic E-state index is 12.1. The van der Waals surface area contributed by atoms with Crippen LogP contribution in [0.1, 0.15) is 32.8 Å². The lowest BCUT2D eigenvalue weighted by Gasteiger charge is -2.06. The summed E-state index contributed by atoms with van der Waals surface area (Å²) in [5.41, 5.74) is 4.17. The number of methoxy groups -OCH3 is 1. The third kappa shape index (κ3) is 4.42. The lowest BCUT2D eigenvalue weighted by atomic mass is 10.1. The number of ether oxygens (including phenoxy) is 1. The molecule has 2 amide bonds. The fourth-order valence-electron chi connectivity index (χ4n) is 2.77. The Hall–Kier alpha value is -2.52. The molecule has 0 fully saturated rings. The minimum atomic E-state index is -0.925. The summed E-state index contributed by atoms with van der Waals surface area (Å²) in [7, 11) is 1.29. The zero-order valence-corrected chi connectivity index (χ0v) is 16.8. The quantitative estimate of drug-likeness (QED) is 0.324. The molecule has 0 spiro atoms. The number of carbonyl (C=O) groups excluding carboxylic acids is 3. The summed E-state index contributed by atoms with van der Waals surface area (Å²) in [6.45, 7) is 0. The van der Waals surface area contributed by atoms with E-state index in [-0.39, 0.29) is 0 Å². The maximum absolute atomic E-state index is 12.1. The van der Waals surface area contributed by atoms with E-state index < -0.39 is 17.8 Å². The first-order chi connectivity index (χ1) is 13.0. The maximum Gasteiger partial charge on any atom is 0.341 e. The lowest BCUT2D eigenvalue weighted by molar-refractivity contribution is -0.136. The fraction of sp³-hybridized carbons (Fsp3) is 0.222. The van der Waals surface area contributed by atoms with Gasteiger partial charge in [0.15, 0.2) is 0 Å². The Labute approximate surface area is 167 Å². The predicted octanol–water partition coefficient (Wildman–Crippen LogP) is 2.87. The molecule has 0 aliphatic heterocycles. The van der Waals surface area contributed by atoms with E-state index in [1.807, 2.05) is 18.2 Å². The van der Waals surface area contributed by atoms with E-state index in [0.29, 0.717) is 10.6 Å². The number of amides is 2. The summed E-state index contributed by atoms with van der Waals surface area (Å²) in [6, 6.07) is 7.30. The van der Waals surface area contributed by atoms with Gasteiger partial charge in [-0.3, -0.25) is 9.59 Å². The summed E-state index contributed by atoms with van der Waals surface area (Å²) in [5.74, 6) is -2.34. The van der Waals surface area contributed by atoms with Crippen LogP contribution in [-0.4, -0.2) is 31.1 Å². The van der Waals surface area contributed by atoms with E-state index >= 15 is 0 Å². The van der Waals surface area contributed by atoms with Gasteiger partial charge in [-0.15, -0.1) is 11.3 Å². The topological polar surface area (TPSA) is 96.9 Å². The Kier molecular flexibility index (Phi) is 6.02. The summed E-state index contributed by atoms with van der Waals surface area (Å²) >= 11 is 4.64. The molecule has 1 aliphatic carbocycles. The molecule has 0 saturated heterocycles. The second-order valence-electron chi connectivity index (χ2n) is 5.76. The van der Waals surface area contributed by atoms with Crippen LogP contribution in [0, 0.1) is 0 Å². The number of thiophene rings is 1. The minimum Gasteiger partial charge on any atom is -0.465 e. The van der Waals surface area contributed by atoms with Crippen molar-refractivity contribution in [3.63, 3.8) is 0 Å². The van der Waals surface area contributed by atoms with E-state index in [9.17, 15) is 14.4 Å². The number of nitrogens with zero attached hydrogens (tertiary/aromatic N) is 1. The Morgan fingerprint density at radius 3 is 2.81 bits per heavy atom. The van der Waals surface area contributed by atoms with Crippen molar-refractivity contribution in [3.05, 3.63) is 50.3 Å². The highest BCUT2D eigenvalue weighted by atomic mass is 79.9. The van der Waals surface area contributed by atoms with E-state index in [1.54, 1.807) is 6.07 Å². The summed E-state index contributed by atoms with van der Waals surface area (Å²) < 4.78 is 5.69. The molecule has 1 aromatic heterocycles. The molecule has 1 heterocycles. The number of esters is 1. The number of anilines is 1. The van der Waals surface area contributed by atoms with Crippen molar-refractivity contribution >= 4 is 56.3 Å². The van der Waals surface area contributed by atoms with E-state index in [2.05, 4.69) is 31.8 Å². The molecule has 27 heavy (non-hydrogen) atoms. The summed E-state index contributed by atoms with van der Waals surface area (Å²) in [5, 5.41) is 6.61. The molecule has 0 bridgehead atoms. The van der Waals surface area contributed by atoms with Gasteiger partial charge in [-0.1, -0.05) is 28.1 Å². The minimum absolute atomic E-state index is 0.336. The van der Waals surface area contributed by atoms with Gasteiger partial charge in [0.25, 0.3) is 0 Å². The highest BCUT2D eigenvalue weighted by Gasteiger charge is 2.29. The van der Waals surface area contributed by atoms with E-state index in [0.717, 1.165) is 39.7 Å². The van der Waals surface area contributed by atoms with Gasteiger partial charge in [0.2, 0.25) is 0 Å². The van der Waals surface area contributed by atoms with Crippen molar-refractivity contribution in [2.75, 3.05) is 12.4 Å². The number of hydrazone groups is 1. The van der Waals surface area contributed by atoms with Crippen molar-refractivity contribution < 1.29 is 19.1 Å². The Balaban J connectivity index is 1.67. The van der Waals surface area contributed by atoms with Crippen LogP contribution < -0.4 is 10.7 Å². The number of hydrogen-bond acceptors (Lipinski definition) is 6. The molecular weight excluding hydrogens is 434 g/mol. The molecule has 2 aromatic rings. The first-order valence-corrected chi connectivity index (χ1v) is 9.73. The van der Waals surface area contributed by atoms with Crippen LogP contribution >= 0.6 is 27.3 Å². The Morgan fingerprint density at radius 2 is 2.07 bits per heavy atom. The Bertz CT molecular complexity index is 939. The number of rotatable bonds is 4. The molecule has 140 valence electrons. The third-order valence-corrected chi connectivity index (χ3v) is 5.67. The number of aryl methyl sites for hydroxylation is 1. The monoisotopic (exact) mass is 449 g/mol. The van der Waals surface area contributed by atoms with Crippen molar-refractivity contribution in [2.24, 2.45) is 5.10 Å². The number of hydrogen-bond donors (Lipinski definition) is 2. The van der Waals surface area contributed by atoms with Gasteiger partial charge in [-0.25, -0.2) is 10.2 Å². The highest BCUT2D eigenvalue weighted by molar-refractivity contribution is 9.10. The van der Waals surface area contributed by atoms with Crippen LogP contribution in [0.4, 0.5) is 5.00 Å². The average Bonchev–Trinajstić information content (AvgIpc) is 3.21. The molecule has 1 aromatic carbocycles. The van der Waals surface area contributed by atoms with Crippen LogP contribution in [-0.2, 0) is 27.2 Å². The van der Waals surface area contributed by atoms with Crippen LogP contribution in [0.3, 0.4) is 0 Å². The normalized spacial score (nSPS) is 12.7. The fourth-order valence-corrected chi connectivity index (χ4v) is 4.46.